The molecule has 2 unspecified atom stereocenters. The maximum Gasteiger partial charge on any atom is 0.241 e. The van der Waals surface area contributed by atoms with Crippen LogP contribution in [0, 0.1) is 5.92 Å². The fourth-order valence-corrected chi connectivity index (χ4v) is 3.30. The first-order chi connectivity index (χ1) is 9.76. The first kappa shape index (κ1) is 15.8. The Kier molecular flexibility index (Phi) is 6.30. The highest BCUT2D eigenvalue weighted by Gasteiger charge is 2.38. The van der Waals surface area contributed by atoms with Crippen LogP contribution in [0.4, 0.5) is 0 Å². The van der Waals surface area contributed by atoms with Gasteiger partial charge in [-0.15, -0.1) is 0 Å². The van der Waals surface area contributed by atoms with E-state index < -0.39 is 0 Å². The van der Waals surface area contributed by atoms with E-state index in [-0.39, 0.29) is 12.2 Å². The molecule has 0 saturated carbocycles. The van der Waals surface area contributed by atoms with E-state index >= 15 is 0 Å². The van der Waals surface area contributed by atoms with Gasteiger partial charge in [0.25, 0.3) is 0 Å². The zero-order chi connectivity index (χ0) is 14.4. The number of nitrogens with zero attached hydrogens (tertiary/aromatic N) is 1. The van der Waals surface area contributed by atoms with Gasteiger partial charge in [0.1, 0.15) is 0 Å². The van der Waals surface area contributed by atoms with E-state index in [1.165, 1.54) is 0 Å². The van der Waals surface area contributed by atoms with Gasteiger partial charge in [-0.05, 0) is 31.6 Å². The summed E-state index contributed by atoms with van der Waals surface area (Å²) in [5, 5.41) is 3.56. The number of hydrogen-bond donors (Lipinski definition) is 1. The molecule has 2 saturated heterocycles. The summed E-state index contributed by atoms with van der Waals surface area (Å²) in [6.45, 7) is 7.01. The largest absolute Gasteiger partial charge is 0.381 e. The minimum absolute atomic E-state index is 0.0614. The van der Waals surface area contributed by atoms with Crippen molar-refractivity contribution in [1.82, 2.24) is 10.2 Å². The SMILES string of the molecule is CCCCC1NC(CCC)N(CC2CCOCC2)C1=O. The third kappa shape index (κ3) is 3.95. The number of rotatable bonds is 7. The summed E-state index contributed by atoms with van der Waals surface area (Å²) in [6.07, 6.45) is 7.92. The smallest absolute Gasteiger partial charge is 0.241 e. The second kappa shape index (κ2) is 7.99. The lowest BCUT2D eigenvalue weighted by molar-refractivity contribution is -0.131. The van der Waals surface area contributed by atoms with Crippen LogP contribution in [0.25, 0.3) is 0 Å². The molecular weight excluding hydrogens is 252 g/mol. The average molecular weight is 282 g/mol. The van der Waals surface area contributed by atoms with Crippen LogP contribution in [0.3, 0.4) is 0 Å². The maximum atomic E-state index is 12.6. The van der Waals surface area contributed by atoms with E-state index in [1.807, 2.05) is 0 Å². The summed E-state index contributed by atoms with van der Waals surface area (Å²) < 4.78 is 5.42. The summed E-state index contributed by atoms with van der Waals surface area (Å²) in [5.41, 5.74) is 0. The van der Waals surface area contributed by atoms with Gasteiger partial charge in [-0.3, -0.25) is 10.1 Å². The summed E-state index contributed by atoms with van der Waals surface area (Å²) in [6, 6.07) is 0.0614. The van der Waals surface area contributed by atoms with Crippen LogP contribution in [0.15, 0.2) is 0 Å². The molecule has 116 valence electrons. The zero-order valence-corrected chi connectivity index (χ0v) is 13.1. The second-order valence-corrected chi connectivity index (χ2v) is 6.21. The Balaban J connectivity index is 1.93. The fraction of sp³-hybridized carbons (Fsp3) is 0.938. The highest BCUT2D eigenvalue weighted by Crippen LogP contribution is 2.23. The molecule has 1 N–H and O–H groups in total. The molecule has 2 atom stereocenters. The number of nitrogens with one attached hydrogen (secondary N) is 1. The second-order valence-electron chi connectivity index (χ2n) is 6.21. The Labute approximate surface area is 123 Å². The Hall–Kier alpha value is -0.610. The van der Waals surface area contributed by atoms with Crippen molar-refractivity contribution in [3.8, 4) is 0 Å². The molecule has 1 amide bonds. The predicted molar refractivity (Wildman–Crippen MR) is 80.4 cm³/mol. The van der Waals surface area contributed by atoms with Gasteiger partial charge in [0.2, 0.25) is 5.91 Å². The topological polar surface area (TPSA) is 41.6 Å². The molecule has 2 heterocycles. The van der Waals surface area contributed by atoms with Crippen molar-refractivity contribution < 1.29 is 9.53 Å². The molecule has 0 radical (unpaired) electrons. The average Bonchev–Trinajstić information content (AvgIpc) is 2.75. The summed E-state index contributed by atoms with van der Waals surface area (Å²) in [5.74, 6) is 0.960. The molecule has 0 bridgehead atoms. The van der Waals surface area contributed by atoms with Crippen LogP contribution in [-0.2, 0) is 9.53 Å². The Morgan fingerprint density at radius 1 is 1.20 bits per heavy atom. The van der Waals surface area contributed by atoms with Gasteiger partial charge < -0.3 is 9.64 Å². The van der Waals surface area contributed by atoms with Crippen molar-refractivity contribution in [1.29, 1.82) is 0 Å². The van der Waals surface area contributed by atoms with Crippen molar-refractivity contribution >= 4 is 5.91 Å². The molecule has 0 aromatic rings. The molecule has 4 nitrogen and oxygen atoms in total. The van der Waals surface area contributed by atoms with Gasteiger partial charge in [-0.2, -0.15) is 0 Å². The number of amides is 1. The van der Waals surface area contributed by atoms with Gasteiger partial charge in [0.15, 0.2) is 0 Å². The van der Waals surface area contributed by atoms with Crippen molar-refractivity contribution in [2.24, 2.45) is 5.92 Å². The van der Waals surface area contributed by atoms with E-state index in [2.05, 4.69) is 24.1 Å². The van der Waals surface area contributed by atoms with Crippen LogP contribution >= 0.6 is 0 Å². The minimum Gasteiger partial charge on any atom is -0.381 e. The lowest BCUT2D eigenvalue weighted by Crippen LogP contribution is -2.41. The molecule has 2 rings (SSSR count). The molecule has 2 aliphatic heterocycles. The molecule has 2 fully saturated rings. The van der Waals surface area contributed by atoms with Crippen LogP contribution in [-0.4, -0.2) is 42.8 Å². The molecule has 0 spiro atoms. The molecule has 4 heteroatoms. The number of ether oxygens (including phenoxy) is 1. The molecule has 20 heavy (non-hydrogen) atoms. The van der Waals surface area contributed by atoms with Gasteiger partial charge >= 0.3 is 0 Å². The summed E-state index contributed by atoms with van der Waals surface area (Å²) in [7, 11) is 0. The maximum absolute atomic E-state index is 12.6. The van der Waals surface area contributed by atoms with Crippen LogP contribution < -0.4 is 5.32 Å². The molecule has 0 aliphatic carbocycles. The fourth-order valence-electron chi connectivity index (χ4n) is 3.30. The summed E-state index contributed by atoms with van der Waals surface area (Å²) in [4.78, 5) is 14.7. The molecule has 0 aromatic carbocycles. The standard InChI is InChI=1S/C16H30N2O2/c1-3-5-7-14-16(19)18(15(17-14)6-4-2)12-13-8-10-20-11-9-13/h13-15,17H,3-12H2,1-2H3. The van der Waals surface area contributed by atoms with Crippen molar-refractivity contribution in [2.75, 3.05) is 19.8 Å². The van der Waals surface area contributed by atoms with E-state index in [0.717, 1.165) is 64.7 Å². The highest BCUT2D eigenvalue weighted by molar-refractivity contribution is 5.84. The van der Waals surface area contributed by atoms with Crippen molar-refractivity contribution in [3.05, 3.63) is 0 Å². The van der Waals surface area contributed by atoms with E-state index in [9.17, 15) is 4.79 Å². The first-order valence-corrected chi connectivity index (χ1v) is 8.40. The normalized spacial score (nSPS) is 28.3. The molecular formula is C16H30N2O2. The third-order valence-corrected chi connectivity index (χ3v) is 4.56. The number of carbonyl (C=O) groups excluding carboxylic acids is 1. The minimum atomic E-state index is 0.0614. The first-order valence-electron chi connectivity index (χ1n) is 8.40. The number of carbonyl (C=O) groups is 1. The van der Waals surface area contributed by atoms with Crippen LogP contribution in [0.5, 0.6) is 0 Å². The predicted octanol–water partition coefficient (Wildman–Crippen LogP) is 2.53. The van der Waals surface area contributed by atoms with Gasteiger partial charge in [-0.1, -0.05) is 33.1 Å². The van der Waals surface area contributed by atoms with Crippen molar-refractivity contribution in [3.63, 3.8) is 0 Å². The van der Waals surface area contributed by atoms with E-state index in [0.29, 0.717) is 11.8 Å². The molecule has 2 aliphatic rings. The van der Waals surface area contributed by atoms with Gasteiger partial charge in [-0.25, -0.2) is 0 Å². The zero-order valence-electron chi connectivity index (χ0n) is 13.1. The van der Waals surface area contributed by atoms with Crippen molar-refractivity contribution in [2.45, 2.75) is 71.0 Å². The highest BCUT2D eigenvalue weighted by atomic mass is 16.5. The van der Waals surface area contributed by atoms with Crippen LogP contribution in [0.1, 0.15) is 58.8 Å². The quantitative estimate of drug-likeness (QED) is 0.780. The number of hydrogen-bond acceptors (Lipinski definition) is 3. The van der Waals surface area contributed by atoms with Gasteiger partial charge in [0, 0.05) is 19.8 Å². The van der Waals surface area contributed by atoms with Gasteiger partial charge in [0.05, 0.1) is 12.2 Å². The lowest BCUT2D eigenvalue weighted by atomic mass is 9.99. The Morgan fingerprint density at radius 2 is 1.95 bits per heavy atom. The van der Waals surface area contributed by atoms with E-state index in [4.69, 9.17) is 4.74 Å². The van der Waals surface area contributed by atoms with E-state index in [1.54, 1.807) is 0 Å². The number of unbranched alkanes of at least 4 members (excludes halogenated alkanes) is 1. The Morgan fingerprint density at radius 3 is 2.60 bits per heavy atom. The monoisotopic (exact) mass is 282 g/mol. The lowest BCUT2D eigenvalue weighted by Gasteiger charge is -2.30. The van der Waals surface area contributed by atoms with Crippen LogP contribution in [0.2, 0.25) is 0 Å². The third-order valence-electron chi connectivity index (χ3n) is 4.56. The summed E-state index contributed by atoms with van der Waals surface area (Å²) >= 11 is 0. The Bertz CT molecular complexity index is 303. The molecule has 0 aromatic heterocycles.